The van der Waals surface area contributed by atoms with Crippen LogP contribution in [0.3, 0.4) is 0 Å². The molecule has 1 atom stereocenters. The summed E-state index contributed by atoms with van der Waals surface area (Å²) in [5.41, 5.74) is 3.16. The number of amides is 1. The Labute approximate surface area is 157 Å². The topological polar surface area (TPSA) is 82.5 Å². The van der Waals surface area contributed by atoms with Gasteiger partial charge in [-0.05, 0) is 19.0 Å². The fourth-order valence-electron chi connectivity index (χ4n) is 2.61. The predicted molar refractivity (Wildman–Crippen MR) is 104 cm³/mol. The van der Waals surface area contributed by atoms with E-state index in [-0.39, 0.29) is 12.5 Å². The molecule has 0 saturated carbocycles. The Morgan fingerprint density at radius 1 is 1.31 bits per heavy atom. The number of rotatable bonds is 9. The van der Waals surface area contributed by atoms with Crippen LogP contribution in [-0.2, 0) is 16.0 Å². The summed E-state index contributed by atoms with van der Waals surface area (Å²) < 4.78 is 0. The lowest BCUT2D eigenvalue weighted by atomic mass is 10.1. The van der Waals surface area contributed by atoms with Gasteiger partial charge in [0.2, 0.25) is 5.91 Å². The zero-order valence-electron chi connectivity index (χ0n) is 15.4. The molecule has 0 spiro atoms. The van der Waals surface area contributed by atoms with E-state index in [2.05, 4.69) is 29.4 Å². The number of carboxylic acid groups (broad SMARTS) is 1. The molecule has 1 heterocycles. The molecule has 0 fully saturated rings. The number of likely N-dealkylation sites (N-methyl/N-ethyl adjacent to an activating group) is 1. The number of nitrogens with one attached hydrogen (secondary N) is 1. The van der Waals surface area contributed by atoms with Crippen LogP contribution in [0.2, 0.25) is 0 Å². The minimum Gasteiger partial charge on any atom is -0.481 e. The molecule has 7 heteroatoms. The highest BCUT2D eigenvalue weighted by Crippen LogP contribution is 2.25. The number of benzene rings is 1. The highest BCUT2D eigenvalue weighted by Gasteiger charge is 2.16. The number of aromatic nitrogens is 1. The van der Waals surface area contributed by atoms with E-state index in [1.54, 1.807) is 18.9 Å². The first-order valence-corrected chi connectivity index (χ1v) is 9.53. The monoisotopic (exact) mass is 375 g/mol. The maximum Gasteiger partial charge on any atom is 0.307 e. The zero-order valence-corrected chi connectivity index (χ0v) is 16.2. The minimum atomic E-state index is -0.869. The molecule has 2 rings (SSSR count). The van der Waals surface area contributed by atoms with Gasteiger partial charge < -0.3 is 10.4 Å². The van der Waals surface area contributed by atoms with Crippen molar-refractivity contribution in [1.82, 2.24) is 9.88 Å². The molecule has 2 N–H and O–H groups in total. The number of carbonyl (C=O) groups excluding carboxylic acids is 1. The van der Waals surface area contributed by atoms with Gasteiger partial charge in [0.05, 0.1) is 18.2 Å². The normalized spacial score (nSPS) is 12.2. The van der Waals surface area contributed by atoms with Crippen LogP contribution in [0.25, 0.3) is 11.3 Å². The largest absolute Gasteiger partial charge is 0.481 e. The van der Waals surface area contributed by atoms with Gasteiger partial charge in [0.15, 0.2) is 5.13 Å². The molecule has 0 bridgehead atoms. The Morgan fingerprint density at radius 2 is 2.00 bits per heavy atom. The summed E-state index contributed by atoms with van der Waals surface area (Å²) in [6.07, 6.45) is 2.18. The molecule has 2 aromatic rings. The van der Waals surface area contributed by atoms with Gasteiger partial charge in [-0.2, -0.15) is 0 Å². The number of thiazole rings is 1. The molecule has 0 aliphatic rings. The molecule has 1 aromatic heterocycles. The average molecular weight is 375 g/mol. The predicted octanol–water partition coefficient (Wildman–Crippen LogP) is 3.35. The van der Waals surface area contributed by atoms with Crippen LogP contribution in [0.15, 0.2) is 29.6 Å². The molecule has 1 amide bonds. The summed E-state index contributed by atoms with van der Waals surface area (Å²) in [5.74, 6) is -1.59. The third-order valence-electron chi connectivity index (χ3n) is 3.96. The zero-order chi connectivity index (χ0) is 19.1. The Balaban J connectivity index is 1.91. The number of aryl methyl sites for hydroxylation is 1. The smallest absolute Gasteiger partial charge is 0.307 e. The summed E-state index contributed by atoms with van der Waals surface area (Å²) in [5, 5.41) is 14.2. The maximum atomic E-state index is 12.1. The van der Waals surface area contributed by atoms with E-state index < -0.39 is 11.9 Å². The molecular weight excluding hydrogens is 350 g/mol. The van der Waals surface area contributed by atoms with Gasteiger partial charge in [0, 0.05) is 17.5 Å². The van der Waals surface area contributed by atoms with Gasteiger partial charge in [-0.1, -0.05) is 44.5 Å². The van der Waals surface area contributed by atoms with E-state index in [1.165, 1.54) is 16.9 Å². The number of hydrogen-bond acceptors (Lipinski definition) is 5. The van der Waals surface area contributed by atoms with Crippen LogP contribution in [0, 0.1) is 5.92 Å². The molecule has 1 aromatic carbocycles. The lowest BCUT2D eigenvalue weighted by Gasteiger charge is -2.17. The standard InChI is InChI=1S/C19H25N3O3S/c1-4-5-14-6-8-15(9-7-14)16-12-26-19(20-16)21-17(23)11-22(3)10-13(2)18(24)25/h6-9,12-13H,4-5,10-11H2,1-3H3,(H,24,25)(H,20,21,23). The van der Waals surface area contributed by atoms with Crippen molar-refractivity contribution in [3.63, 3.8) is 0 Å². The first kappa shape index (κ1) is 20.1. The Kier molecular flexibility index (Phi) is 7.29. The number of hydrogen-bond donors (Lipinski definition) is 2. The van der Waals surface area contributed by atoms with Gasteiger partial charge in [0.25, 0.3) is 0 Å². The molecular formula is C19H25N3O3S. The molecule has 0 radical (unpaired) electrons. The summed E-state index contributed by atoms with van der Waals surface area (Å²) in [6, 6.07) is 8.31. The Hall–Kier alpha value is -2.25. The van der Waals surface area contributed by atoms with Crippen molar-refractivity contribution < 1.29 is 14.7 Å². The van der Waals surface area contributed by atoms with Crippen LogP contribution in [-0.4, -0.2) is 47.0 Å². The molecule has 0 aliphatic carbocycles. The number of carboxylic acids is 1. The van der Waals surface area contributed by atoms with Crippen LogP contribution in [0.5, 0.6) is 0 Å². The lowest BCUT2D eigenvalue weighted by molar-refractivity contribution is -0.141. The fraction of sp³-hybridized carbons (Fsp3) is 0.421. The average Bonchev–Trinajstić information content (AvgIpc) is 3.03. The van der Waals surface area contributed by atoms with E-state index in [0.717, 1.165) is 24.1 Å². The second-order valence-electron chi connectivity index (χ2n) is 6.47. The summed E-state index contributed by atoms with van der Waals surface area (Å²) in [6.45, 7) is 4.22. The van der Waals surface area contributed by atoms with Gasteiger partial charge in [-0.15, -0.1) is 11.3 Å². The molecule has 140 valence electrons. The van der Waals surface area contributed by atoms with Gasteiger partial charge in [0.1, 0.15) is 0 Å². The van der Waals surface area contributed by atoms with Crippen molar-refractivity contribution in [2.75, 3.05) is 25.5 Å². The molecule has 1 unspecified atom stereocenters. The highest BCUT2D eigenvalue weighted by molar-refractivity contribution is 7.14. The summed E-state index contributed by atoms with van der Waals surface area (Å²) in [7, 11) is 1.73. The first-order chi connectivity index (χ1) is 12.4. The van der Waals surface area contributed by atoms with Gasteiger partial charge >= 0.3 is 5.97 Å². The second kappa shape index (κ2) is 9.45. The van der Waals surface area contributed by atoms with Crippen molar-refractivity contribution in [1.29, 1.82) is 0 Å². The van der Waals surface area contributed by atoms with Crippen molar-refractivity contribution in [2.24, 2.45) is 5.92 Å². The third-order valence-corrected chi connectivity index (χ3v) is 4.72. The Bertz CT molecular complexity index is 743. The summed E-state index contributed by atoms with van der Waals surface area (Å²) in [4.78, 5) is 29.1. The fourth-order valence-corrected chi connectivity index (χ4v) is 3.34. The van der Waals surface area contributed by atoms with E-state index >= 15 is 0 Å². The molecule has 26 heavy (non-hydrogen) atoms. The lowest BCUT2D eigenvalue weighted by Crippen LogP contribution is -2.35. The van der Waals surface area contributed by atoms with Crippen LogP contribution in [0.1, 0.15) is 25.8 Å². The number of carbonyl (C=O) groups is 2. The maximum absolute atomic E-state index is 12.1. The highest BCUT2D eigenvalue weighted by atomic mass is 32.1. The van der Waals surface area contributed by atoms with Gasteiger partial charge in [-0.25, -0.2) is 4.98 Å². The quantitative estimate of drug-likeness (QED) is 0.702. The molecule has 0 saturated heterocycles. The first-order valence-electron chi connectivity index (χ1n) is 8.65. The van der Waals surface area contributed by atoms with Crippen LogP contribution < -0.4 is 5.32 Å². The van der Waals surface area contributed by atoms with Crippen molar-refractivity contribution >= 4 is 28.3 Å². The van der Waals surface area contributed by atoms with Gasteiger partial charge in [-0.3, -0.25) is 14.5 Å². The summed E-state index contributed by atoms with van der Waals surface area (Å²) >= 11 is 1.38. The molecule has 6 nitrogen and oxygen atoms in total. The number of nitrogens with zero attached hydrogens (tertiary/aromatic N) is 2. The SMILES string of the molecule is CCCc1ccc(-c2csc(NC(=O)CN(C)CC(C)C(=O)O)n2)cc1. The van der Waals surface area contributed by atoms with Crippen molar-refractivity contribution in [3.8, 4) is 11.3 Å². The van der Waals surface area contributed by atoms with E-state index in [4.69, 9.17) is 5.11 Å². The van der Waals surface area contributed by atoms with E-state index in [1.807, 2.05) is 17.5 Å². The van der Waals surface area contributed by atoms with E-state index in [0.29, 0.717) is 11.7 Å². The third kappa shape index (κ3) is 5.93. The Morgan fingerprint density at radius 3 is 2.62 bits per heavy atom. The van der Waals surface area contributed by atoms with Crippen molar-refractivity contribution in [2.45, 2.75) is 26.7 Å². The van der Waals surface area contributed by atoms with E-state index in [9.17, 15) is 9.59 Å². The number of anilines is 1. The second-order valence-corrected chi connectivity index (χ2v) is 7.33. The molecule has 0 aliphatic heterocycles. The van der Waals surface area contributed by atoms with Crippen LogP contribution >= 0.6 is 11.3 Å². The van der Waals surface area contributed by atoms with Crippen molar-refractivity contribution in [3.05, 3.63) is 35.2 Å². The number of aliphatic carboxylic acids is 1. The van der Waals surface area contributed by atoms with Crippen LogP contribution in [0.4, 0.5) is 5.13 Å². The minimum absolute atomic E-state index is 0.123.